The lowest BCUT2D eigenvalue weighted by molar-refractivity contribution is -0.120. The zero-order valence-electron chi connectivity index (χ0n) is 18.7. The molecule has 172 valence electrons. The van der Waals surface area contributed by atoms with E-state index in [4.69, 9.17) is 11.6 Å². The van der Waals surface area contributed by atoms with Gasteiger partial charge in [-0.3, -0.25) is 9.10 Å². The Hall–Kier alpha value is -2.83. The fourth-order valence-electron chi connectivity index (χ4n) is 4.31. The molecule has 0 spiro atoms. The average Bonchev–Trinajstić information content (AvgIpc) is 2.78. The van der Waals surface area contributed by atoms with Crippen molar-refractivity contribution in [1.82, 2.24) is 5.32 Å². The summed E-state index contributed by atoms with van der Waals surface area (Å²) in [5, 5.41) is 3.57. The van der Waals surface area contributed by atoms with Gasteiger partial charge in [0.15, 0.2) is 0 Å². The minimum Gasteiger partial charge on any atom is -0.348 e. The SMILES string of the molecule is Cc1ccc(S(=O)(=O)N(CC(=O)N[C@H]2CCCc3ccccc32)c2ccc(Cl)cc2C)cc1. The third-order valence-electron chi connectivity index (χ3n) is 6.03. The second-order valence-electron chi connectivity index (χ2n) is 8.47. The summed E-state index contributed by atoms with van der Waals surface area (Å²) in [7, 11) is -3.97. The van der Waals surface area contributed by atoms with Gasteiger partial charge in [-0.2, -0.15) is 0 Å². The first-order valence-corrected chi connectivity index (χ1v) is 12.8. The largest absolute Gasteiger partial charge is 0.348 e. The minimum absolute atomic E-state index is 0.127. The lowest BCUT2D eigenvalue weighted by atomic mass is 9.88. The van der Waals surface area contributed by atoms with E-state index < -0.39 is 10.0 Å². The highest BCUT2D eigenvalue weighted by atomic mass is 35.5. The number of carbonyl (C=O) groups excluding carboxylic acids is 1. The lowest BCUT2D eigenvalue weighted by Gasteiger charge is -2.29. The van der Waals surface area contributed by atoms with Crippen LogP contribution in [0, 0.1) is 13.8 Å². The van der Waals surface area contributed by atoms with Crippen LogP contribution < -0.4 is 9.62 Å². The molecule has 0 heterocycles. The zero-order chi connectivity index (χ0) is 23.6. The van der Waals surface area contributed by atoms with Gasteiger partial charge in [-0.1, -0.05) is 53.6 Å². The van der Waals surface area contributed by atoms with Crippen molar-refractivity contribution >= 4 is 33.2 Å². The number of rotatable bonds is 6. The number of sulfonamides is 1. The van der Waals surface area contributed by atoms with Crippen molar-refractivity contribution < 1.29 is 13.2 Å². The van der Waals surface area contributed by atoms with Crippen molar-refractivity contribution in [2.24, 2.45) is 0 Å². The highest BCUT2D eigenvalue weighted by Gasteiger charge is 2.30. The van der Waals surface area contributed by atoms with E-state index >= 15 is 0 Å². The molecule has 1 N–H and O–H groups in total. The van der Waals surface area contributed by atoms with Crippen LogP contribution in [-0.2, 0) is 21.2 Å². The summed E-state index contributed by atoms with van der Waals surface area (Å²) in [5.74, 6) is -0.346. The summed E-state index contributed by atoms with van der Waals surface area (Å²) in [5.41, 5.74) is 4.39. The van der Waals surface area contributed by atoms with Gasteiger partial charge in [-0.25, -0.2) is 8.42 Å². The first-order valence-electron chi connectivity index (χ1n) is 11.0. The van der Waals surface area contributed by atoms with E-state index in [-0.39, 0.29) is 23.4 Å². The molecule has 7 heteroatoms. The van der Waals surface area contributed by atoms with Gasteiger partial charge in [-0.05, 0) is 80.1 Å². The maximum absolute atomic E-state index is 13.6. The molecule has 5 nitrogen and oxygen atoms in total. The molecule has 3 aromatic rings. The van der Waals surface area contributed by atoms with E-state index in [9.17, 15) is 13.2 Å². The molecule has 0 saturated carbocycles. The molecule has 0 saturated heterocycles. The Morgan fingerprint density at radius 2 is 1.79 bits per heavy atom. The van der Waals surface area contributed by atoms with Gasteiger partial charge >= 0.3 is 0 Å². The lowest BCUT2D eigenvalue weighted by Crippen LogP contribution is -2.42. The third-order valence-corrected chi connectivity index (χ3v) is 8.04. The number of benzene rings is 3. The highest BCUT2D eigenvalue weighted by Crippen LogP contribution is 2.31. The Labute approximate surface area is 200 Å². The molecular weight excluding hydrogens is 456 g/mol. The van der Waals surface area contributed by atoms with Crippen LogP contribution >= 0.6 is 11.6 Å². The van der Waals surface area contributed by atoms with Gasteiger partial charge in [0.25, 0.3) is 10.0 Å². The van der Waals surface area contributed by atoms with E-state index in [1.54, 1.807) is 49.4 Å². The minimum atomic E-state index is -3.97. The van der Waals surface area contributed by atoms with Crippen LogP contribution in [0.2, 0.25) is 5.02 Å². The molecular formula is C26H27ClN2O3S. The Bertz CT molecular complexity index is 1270. The maximum atomic E-state index is 13.6. The van der Waals surface area contributed by atoms with Gasteiger partial charge in [-0.15, -0.1) is 0 Å². The highest BCUT2D eigenvalue weighted by molar-refractivity contribution is 7.92. The molecule has 0 aromatic heterocycles. The van der Waals surface area contributed by atoms with Crippen LogP contribution in [0.25, 0.3) is 0 Å². The van der Waals surface area contributed by atoms with Crippen molar-refractivity contribution in [2.75, 3.05) is 10.8 Å². The first-order chi connectivity index (χ1) is 15.8. The number of amides is 1. The average molecular weight is 483 g/mol. The first kappa shape index (κ1) is 23.3. The van der Waals surface area contributed by atoms with E-state index in [0.717, 1.165) is 30.4 Å². The molecule has 0 bridgehead atoms. The molecule has 0 fully saturated rings. The number of halogens is 1. The molecule has 1 aliphatic rings. The summed E-state index contributed by atoms with van der Waals surface area (Å²) < 4.78 is 28.4. The summed E-state index contributed by atoms with van der Waals surface area (Å²) >= 11 is 6.11. The van der Waals surface area contributed by atoms with Crippen LogP contribution in [0.15, 0.2) is 71.6 Å². The van der Waals surface area contributed by atoms with Crippen molar-refractivity contribution in [2.45, 2.75) is 44.0 Å². The number of fused-ring (bicyclic) bond motifs is 1. The Balaban J connectivity index is 1.66. The van der Waals surface area contributed by atoms with E-state index in [1.165, 1.54) is 9.87 Å². The molecule has 0 unspecified atom stereocenters. The Kier molecular flexibility index (Phi) is 6.77. The molecule has 1 atom stereocenters. The Morgan fingerprint density at radius 3 is 2.52 bits per heavy atom. The number of hydrogen-bond acceptors (Lipinski definition) is 3. The van der Waals surface area contributed by atoms with E-state index in [2.05, 4.69) is 11.4 Å². The summed E-state index contributed by atoms with van der Waals surface area (Å²) in [4.78, 5) is 13.3. The van der Waals surface area contributed by atoms with Gasteiger partial charge in [0.1, 0.15) is 6.54 Å². The molecule has 1 aliphatic carbocycles. The molecule has 3 aromatic carbocycles. The molecule has 0 aliphatic heterocycles. The number of carbonyl (C=O) groups is 1. The fourth-order valence-corrected chi connectivity index (χ4v) is 6.02. The molecule has 0 radical (unpaired) electrons. The number of anilines is 1. The van der Waals surface area contributed by atoms with Gasteiger partial charge in [0.05, 0.1) is 16.6 Å². The molecule has 4 rings (SSSR count). The van der Waals surface area contributed by atoms with E-state index in [1.807, 2.05) is 25.1 Å². The van der Waals surface area contributed by atoms with Crippen LogP contribution in [0.1, 0.15) is 41.1 Å². The van der Waals surface area contributed by atoms with Crippen LogP contribution in [0.5, 0.6) is 0 Å². The Morgan fingerprint density at radius 1 is 1.06 bits per heavy atom. The normalized spacial score (nSPS) is 15.5. The summed E-state index contributed by atoms with van der Waals surface area (Å²) in [6.07, 6.45) is 2.79. The zero-order valence-corrected chi connectivity index (χ0v) is 20.3. The number of aryl methyl sites for hydroxylation is 3. The second-order valence-corrected chi connectivity index (χ2v) is 10.8. The topological polar surface area (TPSA) is 66.5 Å². The monoisotopic (exact) mass is 482 g/mol. The molecule has 1 amide bonds. The predicted molar refractivity (Wildman–Crippen MR) is 132 cm³/mol. The van der Waals surface area contributed by atoms with Crippen LogP contribution in [-0.4, -0.2) is 20.9 Å². The number of nitrogens with zero attached hydrogens (tertiary/aromatic N) is 1. The van der Waals surface area contributed by atoms with Gasteiger partial charge in [0.2, 0.25) is 5.91 Å². The third kappa shape index (κ3) is 5.07. The van der Waals surface area contributed by atoms with Crippen molar-refractivity contribution in [3.63, 3.8) is 0 Å². The standard InChI is InChI=1S/C26H27ClN2O3S/c1-18-10-13-22(14-11-18)33(31,32)29(25-15-12-21(27)16-19(25)2)17-26(30)28-24-9-5-7-20-6-3-4-8-23(20)24/h3-4,6,8,10-16,24H,5,7,9,17H2,1-2H3,(H,28,30)/t24-/m0/s1. The van der Waals surface area contributed by atoms with Crippen LogP contribution in [0.4, 0.5) is 5.69 Å². The van der Waals surface area contributed by atoms with Gasteiger partial charge in [0, 0.05) is 5.02 Å². The van der Waals surface area contributed by atoms with Crippen molar-refractivity contribution in [1.29, 1.82) is 0 Å². The summed E-state index contributed by atoms with van der Waals surface area (Å²) in [6, 6.07) is 19.6. The predicted octanol–water partition coefficient (Wildman–Crippen LogP) is 5.35. The van der Waals surface area contributed by atoms with Gasteiger partial charge < -0.3 is 5.32 Å². The van der Waals surface area contributed by atoms with Crippen molar-refractivity contribution in [3.8, 4) is 0 Å². The van der Waals surface area contributed by atoms with E-state index in [0.29, 0.717) is 16.3 Å². The maximum Gasteiger partial charge on any atom is 0.264 e. The molecule has 33 heavy (non-hydrogen) atoms. The fraction of sp³-hybridized carbons (Fsp3) is 0.269. The summed E-state index contributed by atoms with van der Waals surface area (Å²) in [6.45, 7) is 3.36. The number of hydrogen-bond donors (Lipinski definition) is 1. The quantitative estimate of drug-likeness (QED) is 0.515. The second kappa shape index (κ2) is 9.57. The smallest absolute Gasteiger partial charge is 0.264 e. The van der Waals surface area contributed by atoms with Crippen LogP contribution in [0.3, 0.4) is 0 Å². The van der Waals surface area contributed by atoms with Crippen molar-refractivity contribution in [3.05, 3.63) is 94.0 Å². The number of nitrogens with one attached hydrogen (secondary N) is 1.